The quantitative estimate of drug-likeness (QED) is 0.288. The predicted octanol–water partition coefficient (Wildman–Crippen LogP) is 6.63. The highest BCUT2D eigenvalue weighted by molar-refractivity contribution is 7.97. The van der Waals surface area contributed by atoms with E-state index >= 15 is 0 Å². The molecule has 0 N–H and O–H groups in total. The first kappa shape index (κ1) is 22.9. The molecule has 1 amide bonds. The Morgan fingerprint density at radius 3 is 2.14 bits per heavy atom. The number of hydrogen-bond donors (Lipinski definition) is 0. The van der Waals surface area contributed by atoms with Crippen LogP contribution < -0.4 is 9.64 Å². The van der Waals surface area contributed by atoms with E-state index < -0.39 is 21.1 Å². The highest BCUT2D eigenvalue weighted by atomic mass is 35.5. The highest BCUT2D eigenvalue weighted by Gasteiger charge is 2.50. The number of ether oxygens (including phenoxy) is 1. The number of nitrogens with zero attached hydrogens (tertiary/aromatic N) is 1. The number of amides is 1. The third kappa shape index (κ3) is 4.58. The van der Waals surface area contributed by atoms with Crippen LogP contribution in [0.3, 0.4) is 0 Å². The van der Waals surface area contributed by atoms with Gasteiger partial charge in [-0.25, -0.2) is 8.42 Å². The molecule has 1 aliphatic rings. The van der Waals surface area contributed by atoms with Crippen LogP contribution in [-0.2, 0) is 14.6 Å². The van der Waals surface area contributed by atoms with Gasteiger partial charge in [-0.15, -0.1) is 0 Å². The molecule has 1 unspecified atom stereocenters. The second-order valence-electron chi connectivity index (χ2n) is 7.96. The van der Waals surface area contributed by atoms with E-state index in [-0.39, 0.29) is 4.91 Å². The summed E-state index contributed by atoms with van der Waals surface area (Å²) in [5, 5.41) is -0.799. The van der Waals surface area contributed by atoms with Crippen LogP contribution >= 0.6 is 11.6 Å². The van der Waals surface area contributed by atoms with Gasteiger partial charge in [0.15, 0.2) is 5.37 Å². The first-order chi connectivity index (χ1) is 16.9. The van der Waals surface area contributed by atoms with Crippen LogP contribution in [0.2, 0.25) is 5.02 Å². The normalized spacial score (nSPS) is 18.1. The summed E-state index contributed by atoms with van der Waals surface area (Å²) >= 11 is 6.17. The molecule has 0 bridgehead atoms. The second kappa shape index (κ2) is 9.41. The highest BCUT2D eigenvalue weighted by Crippen LogP contribution is 2.44. The molecule has 5 nitrogen and oxygen atoms in total. The van der Waals surface area contributed by atoms with E-state index in [2.05, 4.69) is 0 Å². The molecule has 0 saturated carbocycles. The minimum Gasteiger partial charge on any atom is -0.457 e. The van der Waals surface area contributed by atoms with Crippen molar-refractivity contribution >= 4 is 39.1 Å². The predicted molar refractivity (Wildman–Crippen MR) is 138 cm³/mol. The number of halogens is 1. The number of hydrogen-bond acceptors (Lipinski definition) is 4. The van der Waals surface area contributed by atoms with Gasteiger partial charge in [0.05, 0.1) is 0 Å². The van der Waals surface area contributed by atoms with Crippen LogP contribution in [0.1, 0.15) is 16.5 Å². The maximum Gasteiger partial charge on any atom is 0.271 e. The molecule has 1 heterocycles. The van der Waals surface area contributed by atoms with Crippen LogP contribution in [0, 0.1) is 0 Å². The molecule has 0 spiro atoms. The Kier molecular flexibility index (Phi) is 6.16. The average molecular weight is 502 g/mol. The van der Waals surface area contributed by atoms with Gasteiger partial charge < -0.3 is 4.74 Å². The fraction of sp³-hybridized carbons (Fsp3) is 0.0357. The Bertz CT molecular complexity index is 1520. The molecular formula is C28H20ClNO4S. The fourth-order valence-electron chi connectivity index (χ4n) is 4.02. The Labute approximate surface area is 208 Å². The Morgan fingerprint density at radius 2 is 1.43 bits per heavy atom. The van der Waals surface area contributed by atoms with Gasteiger partial charge in [-0.05, 0) is 59.7 Å². The number of carbonyl (C=O) groups excluding carboxylic acids is 1. The lowest BCUT2D eigenvalue weighted by Gasteiger charge is -2.23. The first-order valence-electron chi connectivity index (χ1n) is 10.9. The molecule has 0 aromatic heterocycles. The molecule has 174 valence electrons. The smallest absolute Gasteiger partial charge is 0.271 e. The summed E-state index contributed by atoms with van der Waals surface area (Å²) in [6, 6.07) is 31.5. The van der Waals surface area contributed by atoms with E-state index in [0.29, 0.717) is 33.3 Å². The van der Waals surface area contributed by atoms with E-state index in [1.165, 1.54) is 11.0 Å². The van der Waals surface area contributed by atoms with Crippen LogP contribution in [0.5, 0.6) is 11.5 Å². The lowest BCUT2D eigenvalue weighted by atomic mass is 10.1. The minimum atomic E-state index is -4.06. The Balaban J connectivity index is 1.59. The van der Waals surface area contributed by atoms with Crippen molar-refractivity contribution in [3.8, 4) is 11.5 Å². The second-order valence-corrected chi connectivity index (χ2v) is 10.4. The largest absolute Gasteiger partial charge is 0.457 e. The van der Waals surface area contributed by atoms with Crippen molar-refractivity contribution in [2.24, 2.45) is 0 Å². The molecule has 0 aliphatic carbocycles. The number of rotatable bonds is 5. The Morgan fingerprint density at radius 1 is 0.771 bits per heavy atom. The first-order valence-corrected chi connectivity index (χ1v) is 12.8. The molecule has 1 saturated heterocycles. The molecular weight excluding hydrogens is 482 g/mol. The number of carbonyl (C=O) groups is 1. The van der Waals surface area contributed by atoms with Crippen molar-refractivity contribution in [1.29, 1.82) is 0 Å². The van der Waals surface area contributed by atoms with Crippen LogP contribution in [0.4, 0.5) is 5.69 Å². The third-order valence-electron chi connectivity index (χ3n) is 5.57. The summed E-state index contributed by atoms with van der Waals surface area (Å²) in [7, 11) is -4.06. The zero-order valence-corrected chi connectivity index (χ0v) is 20.0. The fourth-order valence-corrected chi connectivity index (χ4v) is 6.10. The van der Waals surface area contributed by atoms with Gasteiger partial charge in [0, 0.05) is 10.7 Å². The summed E-state index contributed by atoms with van der Waals surface area (Å²) < 4.78 is 33.4. The minimum absolute atomic E-state index is 0.289. The number of benzene rings is 4. The summed E-state index contributed by atoms with van der Waals surface area (Å²) in [5.41, 5.74) is 1.43. The van der Waals surface area contributed by atoms with E-state index in [4.69, 9.17) is 16.3 Å². The summed E-state index contributed by atoms with van der Waals surface area (Å²) in [5.74, 6) is 0.563. The molecule has 4 aromatic carbocycles. The van der Waals surface area contributed by atoms with Crippen molar-refractivity contribution in [3.63, 3.8) is 0 Å². The van der Waals surface area contributed by atoms with Gasteiger partial charge in [0.2, 0.25) is 9.84 Å². The van der Waals surface area contributed by atoms with Crippen LogP contribution in [0.25, 0.3) is 6.08 Å². The number of sulfone groups is 1. The van der Waals surface area contributed by atoms with Gasteiger partial charge in [-0.3, -0.25) is 9.69 Å². The van der Waals surface area contributed by atoms with Crippen molar-refractivity contribution in [3.05, 3.63) is 130 Å². The Hall–Kier alpha value is -3.87. The average Bonchev–Trinajstić information content (AvgIpc) is 3.06. The summed E-state index contributed by atoms with van der Waals surface area (Å²) in [6.07, 6.45) is 1.40. The maximum absolute atomic E-state index is 13.8. The molecule has 7 heteroatoms. The lowest BCUT2D eigenvalue weighted by Crippen LogP contribution is -2.28. The van der Waals surface area contributed by atoms with Gasteiger partial charge in [0.1, 0.15) is 16.4 Å². The topological polar surface area (TPSA) is 63.7 Å². The monoisotopic (exact) mass is 501 g/mol. The molecule has 5 rings (SSSR count). The number of para-hydroxylation sites is 1. The van der Waals surface area contributed by atoms with E-state index in [0.717, 1.165) is 0 Å². The molecule has 1 fully saturated rings. The molecule has 0 radical (unpaired) electrons. The number of anilines is 1. The van der Waals surface area contributed by atoms with Crippen molar-refractivity contribution in [2.75, 3.05) is 4.90 Å². The van der Waals surface area contributed by atoms with Gasteiger partial charge in [0.25, 0.3) is 5.91 Å². The lowest BCUT2D eigenvalue weighted by molar-refractivity contribution is -0.114. The van der Waals surface area contributed by atoms with Crippen LogP contribution in [-0.4, -0.2) is 14.3 Å². The van der Waals surface area contributed by atoms with Crippen LogP contribution in [0.15, 0.2) is 114 Å². The maximum atomic E-state index is 13.8. The molecule has 4 aromatic rings. The SMILES string of the molecule is O=C1C(=Cc2cccc(Oc3ccccc3)c2)S(=O)(=O)C(c2ccccc2)N1c1cccc(Cl)c1. The zero-order chi connectivity index (χ0) is 24.4. The van der Waals surface area contributed by atoms with Crippen molar-refractivity contribution in [1.82, 2.24) is 0 Å². The standard InChI is InChI=1S/C28H20ClNO4S/c29-22-12-8-13-23(19-22)30-27(31)26(35(32,33)28(30)21-10-3-1-4-11-21)18-20-9-7-16-25(17-20)34-24-14-5-2-6-15-24/h1-19,28H. The summed E-state index contributed by atoms with van der Waals surface area (Å²) in [4.78, 5) is 14.6. The third-order valence-corrected chi connectivity index (χ3v) is 7.78. The van der Waals surface area contributed by atoms with Gasteiger partial charge >= 0.3 is 0 Å². The van der Waals surface area contributed by atoms with E-state index in [1.807, 2.05) is 30.3 Å². The van der Waals surface area contributed by atoms with E-state index in [9.17, 15) is 13.2 Å². The zero-order valence-electron chi connectivity index (χ0n) is 18.4. The molecule has 1 aliphatic heterocycles. The van der Waals surface area contributed by atoms with Crippen molar-refractivity contribution < 1.29 is 17.9 Å². The van der Waals surface area contributed by atoms with E-state index in [1.54, 1.807) is 78.9 Å². The van der Waals surface area contributed by atoms with Gasteiger partial charge in [-0.2, -0.15) is 0 Å². The summed E-state index contributed by atoms with van der Waals surface area (Å²) in [6.45, 7) is 0. The van der Waals surface area contributed by atoms with Crippen molar-refractivity contribution in [2.45, 2.75) is 5.37 Å². The molecule has 35 heavy (non-hydrogen) atoms. The molecule has 1 atom stereocenters. The van der Waals surface area contributed by atoms with Gasteiger partial charge in [-0.1, -0.05) is 78.3 Å².